The zero-order valence-electron chi connectivity index (χ0n) is 12.2. The van der Waals surface area contributed by atoms with Gasteiger partial charge in [-0.2, -0.15) is 0 Å². The summed E-state index contributed by atoms with van der Waals surface area (Å²) in [6, 6.07) is 4.29. The molecule has 1 saturated carbocycles. The lowest BCUT2D eigenvalue weighted by Crippen LogP contribution is -2.49. The van der Waals surface area contributed by atoms with E-state index in [2.05, 4.69) is 17.1 Å². The molecule has 0 atom stereocenters. The number of carbonyl (C=O) groups is 1. The molecule has 2 fully saturated rings. The molecular formula is C16H24N2O2. The highest BCUT2D eigenvalue weighted by Gasteiger charge is 2.44. The third-order valence-electron chi connectivity index (χ3n) is 4.85. The van der Waals surface area contributed by atoms with Gasteiger partial charge in [0.05, 0.1) is 18.2 Å². The second kappa shape index (κ2) is 5.60. The Bertz CT molecular complexity index is 445. The highest BCUT2D eigenvalue weighted by atomic mass is 16.3. The predicted molar refractivity (Wildman–Crippen MR) is 77.1 cm³/mol. The van der Waals surface area contributed by atoms with E-state index in [0.29, 0.717) is 18.5 Å². The number of carbonyl (C=O) groups excluding carboxylic acids is 1. The number of amides is 1. The lowest BCUT2D eigenvalue weighted by molar-refractivity contribution is -0.145. The van der Waals surface area contributed by atoms with Crippen molar-refractivity contribution in [1.82, 2.24) is 10.2 Å². The zero-order chi connectivity index (χ0) is 14.0. The molecule has 4 heteroatoms. The van der Waals surface area contributed by atoms with Crippen LogP contribution < -0.4 is 5.32 Å². The maximum absolute atomic E-state index is 13.1. The highest BCUT2D eigenvalue weighted by Crippen LogP contribution is 2.39. The summed E-state index contributed by atoms with van der Waals surface area (Å²) in [6.45, 7) is 4.70. The molecule has 1 saturated heterocycles. The van der Waals surface area contributed by atoms with Crippen LogP contribution in [0.1, 0.15) is 44.8 Å². The summed E-state index contributed by atoms with van der Waals surface area (Å²) < 4.78 is 5.44. The maximum Gasteiger partial charge on any atom is 0.229 e. The first kappa shape index (κ1) is 13.7. The number of hydrogen-bond acceptors (Lipinski definition) is 3. The van der Waals surface area contributed by atoms with Crippen LogP contribution in [0.25, 0.3) is 0 Å². The summed E-state index contributed by atoms with van der Waals surface area (Å²) >= 11 is 0. The monoisotopic (exact) mass is 276 g/mol. The predicted octanol–water partition coefficient (Wildman–Crippen LogP) is 2.55. The van der Waals surface area contributed by atoms with Crippen molar-refractivity contribution in [2.45, 2.75) is 51.6 Å². The Morgan fingerprint density at radius 1 is 1.45 bits per heavy atom. The van der Waals surface area contributed by atoms with Gasteiger partial charge < -0.3 is 14.6 Å². The van der Waals surface area contributed by atoms with Crippen molar-refractivity contribution >= 4 is 5.91 Å². The van der Waals surface area contributed by atoms with Gasteiger partial charge in [-0.05, 0) is 57.3 Å². The highest BCUT2D eigenvalue weighted by molar-refractivity contribution is 5.83. The topological polar surface area (TPSA) is 45.5 Å². The molecule has 110 valence electrons. The Hall–Kier alpha value is -1.29. The summed E-state index contributed by atoms with van der Waals surface area (Å²) in [6.07, 6.45) is 6.84. The molecule has 2 heterocycles. The summed E-state index contributed by atoms with van der Waals surface area (Å²) in [5.74, 6) is 1.24. The zero-order valence-corrected chi connectivity index (χ0v) is 12.2. The summed E-state index contributed by atoms with van der Waals surface area (Å²) in [4.78, 5) is 15.2. The van der Waals surface area contributed by atoms with E-state index in [1.165, 1.54) is 0 Å². The Balaban J connectivity index is 1.77. The van der Waals surface area contributed by atoms with E-state index in [-0.39, 0.29) is 5.41 Å². The number of hydrogen-bond donors (Lipinski definition) is 1. The third-order valence-corrected chi connectivity index (χ3v) is 4.85. The second-order valence-electron chi connectivity index (χ2n) is 6.13. The van der Waals surface area contributed by atoms with E-state index in [9.17, 15) is 4.79 Å². The van der Waals surface area contributed by atoms with Crippen molar-refractivity contribution in [3.05, 3.63) is 24.2 Å². The third kappa shape index (κ3) is 2.62. The first-order valence-electron chi connectivity index (χ1n) is 7.79. The fourth-order valence-electron chi connectivity index (χ4n) is 3.25. The minimum absolute atomic E-state index is 0.152. The molecule has 1 amide bonds. The van der Waals surface area contributed by atoms with Crippen LogP contribution >= 0.6 is 0 Å². The van der Waals surface area contributed by atoms with Crippen LogP contribution in [-0.4, -0.2) is 29.9 Å². The van der Waals surface area contributed by atoms with E-state index >= 15 is 0 Å². The Morgan fingerprint density at radius 3 is 2.75 bits per heavy atom. The molecule has 2 aliphatic rings. The molecule has 0 spiro atoms. The molecule has 1 aliphatic carbocycles. The molecule has 20 heavy (non-hydrogen) atoms. The van der Waals surface area contributed by atoms with Crippen molar-refractivity contribution in [3.63, 3.8) is 0 Å². The fraction of sp³-hybridized carbons (Fsp3) is 0.688. The molecule has 1 N–H and O–H groups in total. The smallest absolute Gasteiger partial charge is 0.229 e. The van der Waals surface area contributed by atoms with Gasteiger partial charge in [0.2, 0.25) is 5.91 Å². The average molecular weight is 276 g/mol. The fourth-order valence-corrected chi connectivity index (χ4v) is 3.25. The molecule has 0 radical (unpaired) electrons. The van der Waals surface area contributed by atoms with Crippen LogP contribution in [0.3, 0.4) is 0 Å². The van der Waals surface area contributed by atoms with Crippen molar-refractivity contribution in [2.24, 2.45) is 5.41 Å². The first-order valence-corrected chi connectivity index (χ1v) is 7.79. The van der Waals surface area contributed by atoms with Gasteiger partial charge in [0, 0.05) is 6.04 Å². The normalized spacial score (nSPS) is 21.6. The minimum Gasteiger partial charge on any atom is -0.467 e. The van der Waals surface area contributed by atoms with Gasteiger partial charge >= 0.3 is 0 Å². The molecule has 3 rings (SSSR count). The van der Waals surface area contributed by atoms with E-state index in [4.69, 9.17) is 4.42 Å². The quantitative estimate of drug-likeness (QED) is 0.899. The van der Waals surface area contributed by atoms with E-state index in [1.54, 1.807) is 6.26 Å². The van der Waals surface area contributed by atoms with Crippen molar-refractivity contribution in [3.8, 4) is 0 Å². The first-order chi connectivity index (χ1) is 9.75. The van der Waals surface area contributed by atoms with Gasteiger partial charge in [0.15, 0.2) is 0 Å². The van der Waals surface area contributed by atoms with Crippen LogP contribution in [0.15, 0.2) is 22.8 Å². The molecular weight excluding hydrogens is 252 g/mol. The Morgan fingerprint density at radius 2 is 2.20 bits per heavy atom. The maximum atomic E-state index is 13.1. The summed E-state index contributed by atoms with van der Waals surface area (Å²) in [5, 5.41) is 3.37. The molecule has 1 aromatic heterocycles. The number of nitrogens with one attached hydrogen (secondary N) is 1. The van der Waals surface area contributed by atoms with Gasteiger partial charge in [-0.15, -0.1) is 0 Å². The number of nitrogens with zero attached hydrogens (tertiary/aromatic N) is 1. The van der Waals surface area contributed by atoms with Crippen molar-refractivity contribution < 1.29 is 9.21 Å². The second-order valence-corrected chi connectivity index (χ2v) is 6.13. The molecule has 0 unspecified atom stereocenters. The largest absolute Gasteiger partial charge is 0.467 e. The number of furan rings is 1. The van der Waals surface area contributed by atoms with Crippen LogP contribution in [0.4, 0.5) is 0 Å². The van der Waals surface area contributed by atoms with Gasteiger partial charge in [0.25, 0.3) is 0 Å². The van der Waals surface area contributed by atoms with Gasteiger partial charge in [0.1, 0.15) is 5.76 Å². The lowest BCUT2D eigenvalue weighted by Gasteiger charge is -2.39. The Labute approximate surface area is 120 Å². The van der Waals surface area contributed by atoms with E-state index < -0.39 is 0 Å². The molecule has 1 aromatic rings. The minimum atomic E-state index is -0.152. The number of rotatable bonds is 5. The van der Waals surface area contributed by atoms with E-state index in [1.807, 2.05) is 12.1 Å². The van der Waals surface area contributed by atoms with Crippen LogP contribution in [-0.2, 0) is 11.3 Å². The lowest BCUT2D eigenvalue weighted by atomic mass is 9.75. The molecule has 1 aliphatic heterocycles. The van der Waals surface area contributed by atoms with Crippen molar-refractivity contribution in [1.29, 1.82) is 0 Å². The number of piperidine rings is 1. The van der Waals surface area contributed by atoms with Crippen LogP contribution in [0.5, 0.6) is 0 Å². The van der Waals surface area contributed by atoms with Crippen molar-refractivity contribution in [2.75, 3.05) is 13.1 Å². The Kier molecular flexibility index (Phi) is 3.83. The summed E-state index contributed by atoms with van der Waals surface area (Å²) in [5.41, 5.74) is -0.152. The SMILES string of the molecule is CCC1(C(=O)N(Cc2ccco2)C2CC2)CCNCC1. The average Bonchev–Trinajstić information content (AvgIpc) is 3.21. The standard InChI is InChI=1S/C16H24N2O2/c1-2-16(7-9-17-10-8-16)15(19)18(13-5-6-13)12-14-4-3-11-20-14/h3-4,11,13,17H,2,5-10,12H2,1H3. The van der Waals surface area contributed by atoms with Gasteiger partial charge in [-0.3, -0.25) is 4.79 Å². The van der Waals surface area contributed by atoms with Gasteiger partial charge in [-0.25, -0.2) is 0 Å². The molecule has 0 aromatic carbocycles. The van der Waals surface area contributed by atoms with Crippen LogP contribution in [0.2, 0.25) is 0 Å². The van der Waals surface area contributed by atoms with Crippen LogP contribution in [0, 0.1) is 5.41 Å². The molecule has 4 nitrogen and oxygen atoms in total. The van der Waals surface area contributed by atoms with E-state index in [0.717, 1.165) is 51.0 Å². The molecule has 0 bridgehead atoms. The van der Waals surface area contributed by atoms with Gasteiger partial charge in [-0.1, -0.05) is 6.92 Å². The summed E-state index contributed by atoms with van der Waals surface area (Å²) in [7, 11) is 0.